The molecule has 0 aliphatic carbocycles. The molecule has 2 aromatic rings. The van der Waals surface area contributed by atoms with Gasteiger partial charge in [0.2, 0.25) is 5.91 Å². The van der Waals surface area contributed by atoms with E-state index < -0.39 is 23.7 Å². The second kappa shape index (κ2) is 9.31. The predicted molar refractivity (Wildman–Crippen MR) is 116 cm³/mol. The van der Waals surface area contributed by atoms with Gasteiger partial charge in [-0.05, 0) is 43.9 Å². The van der Waals surface area contributed by atoms with Crippen molar-refractivity contribution in [2.24, 2.45) is 0 Å². The molecule has 9 nitrogen and oxygen atoms in total. The van der Waals surface area contributed by atoms with E-state index in [0.29, 0.717) is 43.0 Å². The van der Waals surface area contributed by atoms with Crippen LogP contribution in [0.4, 0.5) is 17.2 Å². The van der Waals surface area contributed by atoms with Crippen molar-refractivity contribution in [1.29, 1.82) is 5.26 Å². The molecule has 1 aliphatic heterocycles. The lowest BCUT2D eigenvalue weighted by atomic mass is 10.1. The Hall–Kier alpha value is -3.54. The number of carbonyl (C=O) groups excluding carboxylic acids is 1. The van der Waals surface area contributed by atoms with Gasteiger partial charge in [0.1, 0.15) is 18.1 Å². The number of hydrogen-bond donors (Lipinski definition) is 2. The Kier molecular flexibility index (Phi) is 6.57. The maximum absolute atomic E-state index is 13.2. The highest BCUT2D eigenvalue weighted by molar-refractivity contribution is 5.90. The van der Waals surface area contributed by atoms with Crippen LogP contribution in [0.3, 0.4) is 0 Å². The van der Waals surface area contributed by atoms with Crippen LogP contribution in [-0.2, 0) is 17.9 Å². The van der Waals surface area contributed by atoms with Gasteiger partial charge in [0, 0.05) is 25.3 Å². The van der Waals surface area contributed by atoms with Gasteiger partial charge in [0.25, 0.3) is 5.56 Å². The van der Waals surface area contributed by atoms with E-state index in [1.165, 1.54) is 10.6 Å². The van der Waals surface area contributed by atoms with E-state index in [-0.39, 0.29) is 5.82 Å². The molecular formula is C21H26N6O3. The molecule has 1 aromatic carbocycles. The van der Waals surface area contributed by atoms with Gasteiger partial charge < -0.3 is 16.0 Å². The molecule has 1 amide bonds. The number of benzene rings is 1. The standard InChI is InChI=1S/C21H26N6O3/c1-2-9-26-19(23)18(25-10-4-3-5-11-25)20(29)27(21(26)30)14-17(28)24-16-8-6-7-15(12-16)13-22/h6-8,12H,2-5,9-11,14,23H2,1H3,(H,24,28). The van der Waals surface area contributed by atoms with Gasteiger partial charge in [-0.3, -0.25) is 14.2 Å². The number of nitrogens with one attached hydrogen (secondary N) is 1. The van der Waals surface area contributed by atoms with Crippen LogP contribution < -0.4 is 27.2 Å². The Morgan fingerprint density at radius 2 is 1.93 bits per heavy atom. The number of nitrogen functional groups attached to an aromatic ring is 1. The van der Waals surface area contributed by atoms with Crippen LogP contribution in [0.1, 0.15) is 38.2 Å². The first-order chi connectivity index (χ1) is 14.5. The van der Waals surface area contributed by atoms with Gasteiger partial charge in [-0.15, -0.1) is 0 Å². The van der Waals surface area contributed by atoms with Gasteiger partial charge in [0.05, 0.1) is 11.6 Å². The number of aromatic nitrogens is 2. The van der Waals surface area contributed by atoms with Crippen molar-refractivity contribution in [2.45, 2.75) is 45.7 Å². The molecule has 0 bridgehead atoms. The van der Waals surface area contributed by atoms with Crippen molar-refractivity contribution < 1.29 is 4.79 Å². The lowest BCUT2D eigenvalue weighted by molar-refractivity contribution is -0.116. The molecule has 0 atom stereocenters. The van der Waals surface area contributed by atoms with E-state index >= 15 is 0 Å². The summed E-state index contributed by atoms with van der Waals surface area (Å²) in [5.74, 6) is -0.367. The van der Waals surface area contributed by atoms with Gasteiger partial charge in [0.15, 0.2) is 0 Å². The van der Waals surface area contributed by atoms with Crippen LogP contribution >= 0.6 is 0 Å². The summed E-state index contributed by atoms with van der Waals surface area (Å²) in [5, 5.41) is 11.6. The van der Waals surface area contributed by atoms with Crippen LogP contribution in [0, 0.1) is 11.3 Å². The Morgan fingerprint density at radius 3 is 2.60 bits per heavy atom. The molecule has 1 fully saturated rings. The van der Waals surface area contributed by atoms with Crippen LogP contribution in [-0.4, -0.2) is 28.1 Å². The molecular weight excluding hydrogens is 384 g/mol. The van der Waals surface area contributed by atoms with Crippen molar-refractivity contribution in [3.63, 3.8) is 0 Å². The lowest BCUT2D eigenvalue weighted by Crippen LogP contribution is -2.47. The predicted octanol–water partition coefficient (Wildman–Crippen LogP) is 1.50. The SMILES string of the molecule is CCCn1c(N)c(N2CCCCC2)c(=O)n(CC(=O)Nc2cccc(C#N)c2)c1=O. The quantitative estimate of drug-likeness (QED) is 0.743. The topological polar surface area (TPSA) is 126 Å². The summed E-state index contributed by atoms with van der Waals surface area (Å²) in [6, 6.07) is 8.43. The molecule has 1 aromatic heterocycles. The smallest absolute Gasteiger partial charge is 0.333 e. The summed E-state index contributed by atoms with van der Waals surface area (Å²) < 4.78 is 2.31. The van der Waals surface area contributed by atoms with Crippen molar-refractivity contribution in [3.8, 4) is 6.07 Å². The van der Waals surface area contributed by atoms with Crippen molar-refractivity contribution >= 4 is 23.1 Å². The van der Waals surface area contributed by atoms with E-state index in [9.17, 15) is 14.4 Å². The second-order valence-electron chi connectivity index (χ2n) is 7.35. The molecule has 2 heterocycles. The second-order valence-corrected chi connectivity index (χ2v) is 7.35. The van der Waals surface area contributed by atoms with Crippen LogP contribution in [0.2, 0.25) is 0 Å². The van der Waals surface area contributed by atoms with E-state index in [1.807, 2.05) is 17.9 Å². The first kappa shape index (κ1) is 21.2. The number of nitrogens with zero attached hydrogens (tertiary/aromatic N) is 4. The van der Waals surface area contributed by atoms with Gasteiger partial charge >= 0.3 is 5.69 Å². The molecule has 1 saturated heterocycles. The maximum atomic E-state index is 13.2. The highest BCUT2D eigenvalue weighted by Crippen LogP contribution is 2.21. The summed E-state index contributed by atoms with van der Waals surface area (Å²) in [6.45, 7) is 3.22. The molecule has 0 saturated carbocycles. The van der Waals surface area contributed by atoms with Crippen molar-refractivity contribution in [1.82, 2.24) is 9.13 Å². The number of hydrogen-bond acceptors (Lipinski definition) is 6. The molecule has 30 heavy (non-hydrogen) atoms. The summed E-state index contributed by atoms with van der Waals surface area (Å²) in [7, 11) is 0. The number of carbonyl (C=O) groups is 1. The molecule has 1 aliphatic rings. The average Bonchev–Trinajstić information content (AvgIpc) is 2.75. The molecule has 0 spiro atoms. The molecule has 9 heteroatoms. The molecule has 158 valence electrons. The summed E-state index contributed by atoms with van der Waals surface area (Å²) in [5.41, 5.74) is 6.20. The van der Waals surface area contributed by atoms with Crippen LogP contribution in [0.25, 0.3) is 0 Å². The van der Waals surface area contributed by atoms with Crippen molar-refractivity contribution in [2.75, 3.05) is 29.0 Å². The Balaban J connectivity index is 1.97. The highest BCUT2D eigenvalue weighted by Gasteiger charge is 2.24. The fourth-order valence-corrected chi connectivity index (χ4v) is 3.71. The van der Waals surface area contributed by atoms with E-state index in [1.54, 1.807) is 18.2 Å². The monoisotopic (exact) mass is 410 g/mol. The normalized spacial score (nSPS) is 13.7. The Labute approximate surface area is 174 Å². The first-order valence-corrected chi connectivity index (χ1v) is 10.1. The lowest BCUT2D eigenvalue weighted by Gasteiger charge is -2.30. The van der Waals surface area contributed by atoms with Gasteiger partial charge in [-0.25, -0.2) is 9.36 Å². The Bertz CT molecular complexity index is 1090. The number of rotatable bonds is 6. The Morgan fingerprint density at radius 1 is 1.20 bits per heavy atom. The van der Waals surface area contributed by atoms with Crippen LogP contribution in [0.15, 0.2) is 33.9 Å². The number of nitriles is 1. The summed E-state index contributed by atoms with van der Waals surface area (Å²) in [4.78, 5) is 40.6. The summed E-state index contributed by atoms with van der Waals surface area (Å²) in [6.07, 6.45) is 3.64. The number of piperidine rings is 1. The fourth-order valence-electron chi connectivity index (χ4n) is 3.71. The minimum absolute atomic E-state index is 0.159. The third kappa shape index (κ3) is 4.38. The third-order valence-corrected chi connectivity index (χ3v) is 5.14. The van der Waals surface area contributed by atoms with E-state index in [0.717, 1.165) is 23.8 Å². The zero-order valence-corrected chi connectivity index (χ0v) is 17.1. The molecule has 0 unspecified atom stereocenters. The first-order valence-electron chi connectivity index (χ1n) is 10.1. The van der Waals surface area contributed by atoms with E-state index in [4.69, 9.17) is 11.0 Å². The number of nitrogens with two attached hydrogens (primary N) is 1. The number of anilines is 3. The molecule has 0 radical (unpaired) electrons. The minimum Gasteiger partial charge on any atom is -0.383 e. The third-order valence-electron chi connectivity index (χ3n) is 5.14. The molecule has 3 rings (SSSR count). The highest BCUT2D eigenvalue weighted by atomic mass is 16.2. The minimum atomic E-state index is -0.596. The van der Waals surface area contributed by atoms with Crippen molar-refractivity contribution in [3.05, 3.63) is 50.7 Å². The summed E-state index contributed by atoms with van der Waals surface area (Å²) >= 11 is 0. The zero-order valence-electron chi connectivity index (χ0n) is 17.1. The van der Waals surface area contributed by atoms with Gasteiger partial charge in [-0.2, -0.15) is 5.26 Å². The van der Waals surface area contributed by atoms with Gasteiger partial charge in [-0.1, -0.05) is 13.0 Å². The van der Waals surface area contributed by atoms with Crippen LogP contribution in [0.5, 0.6) is 0 Å². The maximum Gasteiger partial charge on any atom is 0.333 e. The van der Waals surface area contributed by atoms with E-state index in [2.05, 4.69) is 5.32 Å². The zero-order chi connectivity index (χ0) is 21.7. The molecule has 3 N–H and O–H groups in total. The average molecular weight is 410 g/mol. The fraction of sp³-hybridized carbons (Fsp3) is 0.429. The largest absolute Gasteiger partial charge is 0.383 e. The number of amides is 1.